The number of hydrogen-bond donors (Lipinski definition) is 3. The minimum atomic E-state index is 0. The van der Waals surface area contributed by atoms with Crippen molar-refractivity contribution in [2.45, 2.75) is 64.5 Å². The van der Waals surface area contributed by atoms with Gasteiger partial charge in [0.25, 0.3) is 0 Å². The SMILES string of the molecule is CCC(C)NC(N)=NCCC(=O)NC1CCCC1.I. The molecule has 1 saturated carbocycles. The van der Waals surface area contributed by atoms with Crippen LogP contribution in [-0.2, 0) is 4.79 Å². The third kappa shape index (κ3) is 8.28. The van der Waals surface area contributed by atoms with E-state index in [2.05, 4.69) is 29.5 Å². The number of halogens is 1. The van der Waals surface area contributed by atoms with E-state index in [0.29, 0.717) is 31.0 Å². The van der Waals surface area contributed by atoms with Gasteiger partial charge in [0.05, 0.1) is 6.54 Å². The first-order chi connectivity index (χ1) is 8.61. The first-order valence-corrected chi connectivity index (χ1v) is 6.97. The summed E-state index contributed by atoms with van der Waals surface area (Å²) in [6.45, 7) is 4.59. The third-order valence-electron chi connectivity index (χ3n) is 3.35. The number of rotatable bonds is 6. The van der Waals surface area contributed by atoms with Crippen LogP contribution in [0.3, 0.4) is 0 Å². The van der Waals surface area contributed by atoms with E-state index in [0.717, 1.165) is 19.3 Å². The molecule has 1 aliphatic rings. The number of carbonyl (C=O) groups excluding carboxylic acids is 1. The molecule has 0 saturated heterocycles. The molecule has 1 aliphatic carbocycles. The Morgan fingerprint density at radius 1 is 1.42 bits per heavy atom. The summed E-state index contributed by atoms with van der Waals surface area (Å²) in [6, 6.07) is 0.707. The highest BCUT2D eigenvalue weighted by atomic mass is 127. The van der Waals surface area contributed by atoms with Crippen LogP contribution >= 0.6 is 24.0 Å². The van der Waals surface area contributed by atoms with Crippen LogP contribution in [0.1, 0.15) is 52.4 Å². The molecule has 4 N–H and O–H groups in total. The molecule has 1 rings (SSSR count). The van der Waals surface area contributed by atoms with Crippen molar-refractivity contribution in [2.75, 3.05) is 6.54 Å². The molecule has 6 heteroatoms. The number of hydrogen-bond acceptors (Lipinski definition) is 2. The molecule has 5 nitrogen and oxygen atoms in total. The second-order valence-electron chi connectivity index (χ2n) is 5.02. The highest BCUT2D eigenvalue weighted by Crippen LogP contribution is 2.17. The Balaban J connectivity index is 0.00000324. The molecule has 0 radical (unpaired) electrons. The molecule has 1 atom stereocenters. The number of nitrogens with zero attached hydrogens (tertiary/aromatic N) is 1. The molecule has 112 valence electrons. The zero-order chi connectivity index (χ0) is 13.4. The summed E-state index contributed by atoms with van der Waals surface area (Å²) < 4.78 is 0. The summed E-state index contributed by atoms with van der Waals surface area (Å²) in [7, 11) is 0. The lowest BCUT2D eigenvalue weighted by atomic mass is 10.2. The molecule has 0 aromatic carbocycles. The molecule has 0 aliphatic heterocycles. The summed E-state index contributed by atoms with van der Waals surface area (Å²) in [5.41, 5.74) is 5.71. The van der Waals surface area contributed by atoms with Gasteiger partial charge in [-0.3, -0.25) is 9.79 Å². The van der Waals surface area contributed by atoms with Gasteiger partial charge in [0.15, 0.2) is 5.96 Å². The predicted octanol–water partition coefficient (Wildman–Crippen LogP) is 1.76. The summed E-state index contributed by atoms with van der Waals surface area (Å²) >= 11 is 0. The van der Waals surface area contributed by atoms with Crippen LogP contribution in [0.5, 0.6) is 0 Å². The monoisotopic (exact) mass is 382 g/mol. The lowest BCUT2D eigenvalue weighted by molar-refractivity contribution is -0.121. The van der Waals surface area contributed by atoms with E-state index in [4.69, 9.17) is 5.73 Å². The number of nitrogens with one attached hydrogen (secondary N) is 2. The van der Waals surface area contributed by atoms with Crippen LogP contribution in [0.15, 0.2) is 4.99 Å². The highest BCUT2D eigenvalue weighted by Gasteiger charge is 2.16. The second-order valence-corrected chi connectivity index (χ2v) is 5.02. The fraction of sp³-hybridized carbons (Fsp3) is 0.846. The Morgan fingerprint density at radius 2 is 2.05 bits per heavy atom. The van der Waals surface area contributed by atoms with Crippen molar-refractivity contribution in [3.8, 4) is 0 Å². The van der Waals surface area contributed by atoms with Gasteiger partial charge in [-0.15, -0.1) is 24.0 Å². The molecule has 1 fully saturated rings. The summed E-state index contributed by atoms with van der Waals surface area (Å²) in [5.74, 6) is 0.514. The maximum absolute atomic E-state index is 11.6. The molecule has 19 heavy (non-hydrogen) atoms. The summed E-state index contributed by atoms with van der Waals surface area (Å²) in [6.07, 6.45) is 6.11. The average molecular weight is 382 g/mol. The zero-order valence-electron chi connectivity index (χ0n) is 11.9. The molecule has 0 aromatic heterocycles. The number of guanidine groups is 1. The van der Waals surface area contributed by atoms with E-state index in [1.54, 1.807) is 0 Å². The molecule has 1 amide bonds. The lowest BCUT2D eigenvalue weighted by Gasteiger charge is -2.12. The lowest BCUT2D eigenvalue weighted by Crippen LogP contribution is -2.38. The zero-order valence-corrected chi connectivity index (χ0v) is 14.3. The number of aliphatic imine (C=N–C) groups is 1. The van der Waals surface area contributed by atoms with Crippen LogP contribution in [-0.4, -0.2) is 30.5 Å². The molecule has 1 unspecified atom stereocenters. The van der Waals surface area contributed by atoms with E-state index in [9.17, 15) is 4.79 Å². The van der Waals surface area contributed by atoms with Crippen molar-refractivity contribution >= 4 is 35.8 Å². The van der Waals surface area contributed by atoms with Crippen molar-refractivity contribution in [3.63, 3.8) is 0 Å². The van der Waals surface area contributed by atoms with Crippen LogP contribution < -0.4 is 16.4 Å². The van der Waals surface area contributed by atoms with Gasteiger partial charge in [0.2, 0.25) is 5.91 Å². The summed E-state index contributed by atoms with van der Waals surface area (Å²) in [4.78, 5) is 15.8. The Hall–Kier alpha value is -0.530. The van der Waals surface area contributed by atoms with Crippen molar-refractivity contribution in [3.05, 3.63) is 0 Å². The number of nitrogens with two attached hydrogens (primary N) is 1. The first kappa shape index (κ1) is 18.5. The van der Waals surface area contributed by atoms with Crippen molar-refractivity contribution in [1.29, 1.82) is 0 Å². The standard InChI is InChI=1S/C13H26N4O.HI/c1-3-10(2)16-13(14)15-9-8-12(18)17-11-6-4-5-7-11;/h10-11H,3-9H2,1-2H3,(H,17,18)(H3,14,15,16);1H. The number of amides is 1. The maximum atomic E-state index is 11.6. The van der Waals surface area contributed by atoms with Gasteiger partial charge < -0.3 is 16.4 Å². The number of carbonyl (C=O) groups is 1. The van der Waals surface area contributed by atoms with E-state index in [1.807, 2.05) is 0 Å². The molecular weight excluding hydrogens is 355 g/mol. The fourth-order valence-electron chi connectivity index (χ4n) is 2.05. The predicted molar refractivity (Wildman–Crippen MR) is 89.8 cm³/mol. The Kier molecular flexibility index (Phi) is 9.99. The molecular formula is C13H27IN4O. The van der Waals surface area contributed by atoms with Crippen molar-refractivity contribution in [1.82, 2.24) is 10.6 Å². The molecule has 0 heterocycles. The van der Waals surface area contributed by atoms with Crippen molar-refractivity contribution in [2.24, 2.45) is 10.7 Å². The normalized spacial score (nSPS) is 17.7. The Morgan fingerprint density at radius 3 is 2.63 bits per heavy atom. The van der Waals surface area contributed by atoms with E-state index in [-0.39, 0.29) is 29.9 Å². The van der Waals surface area contributed by atoms with Crippen LogP contribution in [0.2, 0.25) is 0 Å². The Labute approximate surface area is 133 Å². The first-order valence-electron chi connectivity index (χ1n) is 6.97. The van der Waals surface area contributed by atoms with Gasteiger partial charge in [0, 0.05) is 18.5 Å². The smallest absolute Gasteiger partial charge is 0.222 e. The third-order valence-corrected chi connectivity index (χ3v) is 3.35. The van der Waals surface area contributed by atoms with Gasteiger partial charge in [-0.25, -0.2) is 0 Å². The van der Waals surface area contributed by atoms with Crippen molar-refractivity contribution < 1.29 is 4.79 Å². The topological polar surface area (TPSA) is 79.5 Å². The van der Waals surface area contributed by atoms with Gasteiger partial charge in [0.1, 0.15) is 0 Å². The maximum Gasteiger partial charge on any atom is 0.222 e. The van der Waals surface area contributed by atoms with E-state index < -0.39 is 0 Å². The molecule has 0 spiro atoms. The molecule has 0 aromatic rings. The van der Waals surface area contributed by atoms with E-state index >= 15 is 0 Å². The van der Waals surface area contributed by atoms with Gasteiger partial charge in [-0.05, 0) is 26.2 Å². The van der Waals surface area contributed by atoms with Crippen LogP contribution in [0, 0.1) is 0 Å². The second kappa shape index (κ2) is 10.3. The van der Waals surface area contributed by atoms with Gasteiger partial charge in [-0.1, -0.05) is 19.8 Å². The van der Waals surface area contributed by atoms with Gasteiger partial charge >= 0.3 is 0 Å². The minimum Gasteiger partial charge on any atom is -0.370 e. The highest BCUT2D eigenvalue weighted by molar-refractivity contribution is 14.0. The summed E-state index contributed by atoms with van der Waals surface area (Å²) in [5, 5.41) is 6.11. The fourth-order valence-corrected chi connectivity index (χ4v) is 2.05. The minimum absolute atomic E-state index is 0. The van der Waals surface area contributed by atoms with Gasteiger partial charge in [-0.2, -0.15) is 0 Å². The van der Waals surface area contributed by atoms with Crippen LogP contribution in [0.4, 0.5) is 0 Å². The molecule has 0 bridgehead atoms. The largest absolute Gasteiger partial charge is 0.370 e. The van der Waals surface area contributed by atoms with Crippen LogP contribution in [0.25, 0.3) is 0 Å². The van der Waals surface area contributed by atoms with E-state index in [1.165, 1.54) is 12.8 Å². The quantitative estimate of drug-likeness (QED) is 0.372. The Bertz CT molecular complexity index is 290. The average Bonchev–Trinajstić information content (AvgIpc) is 2.81.